The van der Waals surface area contributed by atoms with Gasteiger partial charge in [-0.1, -0.05) is 18.2 Å². The molecule has 1 aromatic carbocycles. The van der Waals surface area contributed by atoms with E-state index in [1.165, 1.54) is 0 Å². The first kappa shape index (κ1) is 18.9. The number of likely N-dealkylation sites (N-methyl/N-ethyl adjacent to an activating group) is 1. The second kappa shape index (κ2) is 7.82. The van der Waals surface area contributed by atoms with Gasteiger partial charge in [-0.05, 0) is 31.0 Å². The Morgan fingerprint density at radius 3 is 2.74 bits per heavy atom. The molecule has 1 atom stereocenters. The van der Waals surface area contributed by atoms with Crippen molar-refractivity contribution in [2.75, 3.05) is 20.7 Å². The quantitative estimate of drug-likeness (QED) is 0.807. The molecule has 7 heteroatoms. The van der Waals surface area contributed by atoms with Gasteiger partial charge in [0, 0.05) is 26.6 Å². The van der Waals surface area contributed by atoms with E-state index in [1.807, 2.05) is 35.9 Å². The van der Waals surface area contributed by atoms with Gasteiger partial charge >= 0.3 is 0 Å². The van der Waals surface area contributed by atoms with Crippen LogP contribution in [0.2, 0.25) is 0 Å². The molecule has 2 heterocycles. The molecule has 144 valence electrons. The number of carbonyl (C=O) groups is 2. The molecule has 0 saturated carbocycles. The first-order valence-corrected chi connectivity index (χ1v) is 9.12. The van der Waals surface area contributed by atoms with Gasteiger partial charge in [-0.3, -0.25) is 14.3 Å². The Balaban J connectivity index is 1.71. The van der Waals surface area contributed by atoms with Gasteiger partial charge in [0.15, 0.2) is 5.69 Å². The maximum Gasteiger partial charge on any atom is 0.274 e. The summed E-state index contributed by atoms with van der Waals surface area (Å²) >= 11 is 0. The highest BCUT2D eigenvalue weighted by Gasteiger charge is 2.25. The van der Waals surface area contributed by atoms with Gasteiger partial charge in [-0.2, -0.15) is 5.10 Å². The third-order valence-electron chi connectivity index (χ3n) is 5.15. The zero-order valence-electron chi connectivity index (χ0n) is 16.3. The number of benzene rings is 1. The molecular formula is C20H26N4O3. The lowest BCUT2D eigenvalue weighted by Gasteiger charge is -2.26. The number of nitrogens with zero attached hydrogens (tertiary/aromatic N) is 4. The second-order valence-electron chi connectivity index (χ2n) is 6.97. The summed E-state index contributed by atoms with van der Waals surface area (Å²) < 4.78 is 7.23. The van der Waals surface area contributed by atoms with Gasteiger partial charge in [0.05, 0.1) is 25.9 Å². The molecule has 1 aliphatic heterocycles. The molecule has 0 aliphatic carbocycles. The van der Waals surface area contributed by atoms with Gasteiger partial charge in [-0.25, -0.2) is 0 Å². The fraction of sp³-hybridized carbons (Fsp3) is 0.450. The SMILES string of the molecule is COc1ccccc1C[C@H](C)N(C)C(=O)c1cc2n(n1)CCN(C(C)=O)C2. The molecular weight excluding hydrogens is 344 g/mol. The third-order valence-corrected chi connectivity index (χ3v) is 5.15. The summed E-state index contributed by atoms with van der Waals surface area (Å²) in [7, 11) is 3.45. The Bertz CT molecular complexity index is 846. The first-order chi connectivity index (χ1) is 12.9. The standard InChI is InChI=1S/C20H26N4O3/c1-14(11-16-7-5-6-8-19(16)27-4)22(3)20(26)18-12-17-13-23(15(2)25)9-10-24(17)21-18/h5-8,12,14H,9-11,13H2,1-4H3/t14-/m0/s1. The van der Waals surface area contributed by atoms with Gasteiger partial charge in [0.1, 0.15) is 5.75 Å². The highest BCUT2D eigenvalue weighted by atomic mass is 16.5. The summed E-state index contributed by atoms with van der Waals surface area (Å²) in [5.74, 6) is 0.749. The Hall–Kier alpha value is -2.83. The van der Waals surface area contributed by atoms with E-state index < -0.39 is 0 Å². The zero-order chi connectivity index (χ0) is 19.6. The van der Waals surface area contributed by atoms with Crippen LogP contribution < -0.4 is 4.74 Å². The molecule has 1 aliphatic rings. The van der Waals surface area contributed by atoms with Crippen molar-refractivity contribution in [1.82, 2.24) is 19.6 Å². The van der Waals surface area contributed by atoms with Crippen LogP contribution in [0.25, 0.3) is 0 Å². The summed E-state index contributed by atoms with van der Waals surface area (Å²) in [5, 5.41) is 4.45. The van der Waals surface area contributed by atoms with Crippen molar-refractivity contribution in [3.05, 3.63) is 47.3 Å². The minimum absolute atomic E-state index is 0.0127. The summed E-state index contributed by atoms with van der Waals surface area (Å²) in [6.07, 6.45) is 0.692. The molecule has 0 radical (unpaired) electrons. The van der Waals surface area contributed by atoms with Crippen LogP contribution in [-0.2, 0) is 24.3 Å². The smallest absolute Gasteiger partial charge is 0.274 e. The summed E-state index contributed by atoms with van der Waals surface area (Å²) in [4.78, 5) is 28.0. The van der Waals surface area contributed by atoms with Gasteiger partial charge in [0.25, 0.3) is 5.91 Å². The van der Waals surface area contributed by atoms with E-state index in [0.717, 1.165) is 17.0 Å². The molecule has 0 bridgehead atoms. The second-order valence-corrected chi connectivity index (χ2v) is 6.97. The van der Waals surface area contributed by atoms with Crippen LogP contribution in [0.4, 0.5) is 0 Å². The molecule has 0 saturated heterocycles. The maximum absolute atomic E-state index is 12.9. The van der Waals surface area contributed by atoms with Crippen LogP contribution in [0.1, 0.15) is 35.6 Å². The number of carbonyl (C=O) groups excluding carboxylic acids is 2. The molecule has 1 aromatic heterocycles. The van der Waals surface area contributed by atoms with E-state index >= 15 is 0 Å². The minimum Gasteiger partial charge on any atom is -0.496 e. The Morgan fingerprint density at radius 2 is 2.04 bits per heavy atom. The summed E-state index contributed by atoms with van der Waals surface area (Å²) in [6, 6.07) is 9.62. The number of methoxy groups -OCH3 is 1. The van der Waals surface area contributed by atoms with Crippen molar-refractivity contribution in [1.29, 1.82) is 0 Å². The van der Waals surface area contributed by atoms with Crippen LogP contribution >= 0.6 is 0 Å². The molecule has 0 fully saturated rings. The van der Waals surface area contributed by atoms with E-state index in [2.05, 4.69) is 5.10 Å². The maximum atomic E-state index is 12.9. The molecule has 7 nitrogen and oxygen atoms in total. The Kier molecular flexibility index (Phi) is 5.48. The number of hydrogen-bond acceptors (Lipinski definition) is 4. The first-order valence-electron chi connectivity index (χ1n) is 9.12. The van der Waals surface area contributed by atoms with Crippen LogP contribution in [0.15, 0.2) is 30.3 Å². The predicted octanol–water partition coefficient (Wildman–Crippen LogP) is 1.96. The zero-order valence-corrected chi connectivity index (χ0v) is 16.3. The van der Waals surface area contributed by atoms with Gasteiger partial charge in [-0.15, -0.1) is 0 Å². The van der Waals surface area contributed by atoms with Crippen molar-refractivity contribution in [2.45, 2.75) is 39.4 Å². The van der Waals surface area contributed by atoms with E-state index in [1.54, 1.807) is 36.9 Å². The molecule has 2 amide bonds. The predicted molar refractivity (Wildman–Crippen MR) is 102 cm³/mol. The molecule has 0 unspecified atom stereocenters. The molecule has 3 rings (SSSR count). The molecule has 27 heavy (non-hydrogen) atoms. The van der Waals surface area contributed by atoms with Gasteiger partial charge in [0.2, 0.25) is 5.91 Å². The van der Waals surface area contributed by atoms with E-state index in [0.29, 0.717) is 31.7 Å². The normalized spacial score (nSPS) is 14.4. The monoisotopic (exact) mass is 370 g/mol. The third kappa shape index (κ3) is 3.97. The van der Waals surface area contributed by atoms with Crippen molar-refractivity contribution in [3.8, 4) is 5.75 Å². The number of amides is 2. The van der Waals surface area contributed by atoms with Crippen LogP contribution in [0.5, 0.6) is 5.75 Å². The van der Waals surface area contributed by atoms with E-state index in [-0.39, 0.29) is 17.9 Å². The molecule has 0 spiro atoms. The molecule has 2 aromatic rings. The Labute approximate surface area is 159 Å². The van der Waals surface area contributed by atoms with E-state index in [9.17, 15) is 9.59 Å². The lowest BCUT2D eigenvalue weighted by Crippen LogP contribution is -2.37. The highest BCUT2D eigenvalue weighted by molar-refractivity contribution is 5.92. The van der Waals surface area contributed by atoms with E-state index in [4.69, 9.17) is 4.74 Å². The number of hydrogen-bond donors (Lipinski definition) is 0. The van der Waals surface area contributed by atoms with Crippen molar-refractivity contribution in [3.63, 3.8) is 0 Å². The average molecular weight is 370 g/mol. The highest BCUT2D eigenvalue weighted by Crippen LogP contribution is 2.21. The van der Waals surface area contributed by atoms with Crippen LogP contribution in [0.3, 0.4) is 0 Å². The largest absolute Gasteiger partial charge is 0.496 e. The number of aromatic nitrogens is 2. The van der Waals surface area contributed by atoms with Crippen molar-refractivity contribution in [2.24, 2.45) is 0 Å². The lowest BCUT2D eigenvalue weighted by molar-refractivity contribution is -0.130. The number of para-hydroxylation sites is 1. The number of fused-ring (bicyclic) bond motifs is 1. The van der Waals surface area contributed by atoms with Crippen LogP contribution in [0, 0.1) is 0 Å². The average Bonchev–Trinajstić information content (AvgIpc) is 3.10. The summed E-state index contributed by atoms with van der Waals surface area (Å²) in [6.45, 7) is 5.31. The number of ether oxygens (including phenoxy) is 1. The summed E-state index contributed by atoms with van der Waals surface area (Å²) in [5.41, 5.74) is 2.38. The lowest BCUT2D eigenvalue weighted by atomic mass is 10.0. The minimum atomic E-state index is -0.117. The van der Waals surface area contributed by atoms with Gasteiger partial charge < -0.3 is 14.5 Å². The molecule has 0 N–H and O–H groups in total. The number of rotatable bonds is 5. The fourth-order valence-electron chi connectivity index (χ4n) is 3.35. The van der Waals surface area contributed by atoms with Crippen molar-refractivity contribution >= 4 is 11.8 Å². The fourth-order valence-corrected chi connectivity index (χ4v) is 3.35. The van der Waals surface area contributed by atoms with Crippen LogP contribution in [-0.4, -0.2) is 58.1 Å². The topological polar surface area (TPSA) is 67.7 Å². The Morgan fingerprint density at radius 1 is 1.30 bits per heavy atom. The van der Waals surface area contributed by atoms with Crippen molar-refractivity contribution < 1.29 is 14.3 Å².